The van der Waals surface area contributed by atoms with Crippen LogP contribution in [-0.4, -0.2) is 45.4 Å². The van der Waals surface area contributed by atoms with Crippen molar-refractivity contribution in [3.8, 4) is 5.75 Å². The zero-order chi connectivity index (χ0) is 13.2. The van der Waals surface area contributed by atoms with Crippen LogP contribution in [0, 0.1) is 0 Å². The van der Waals surface area contributed by atoms with Crippen LogP contribution in [0.15, 0.2) is 24.3 Å². The molecule has 18 heavy (non-hydrogen) atoms. The second-order valence-electron chi connectivity index (χ2n) is 4.47. The first-order valence-electron chi connectivity index (χ1n) is 6.36. The Morgan fingerprint density at radius 1 is 1.17 bits per heavy atom. The van der Waals surface area contributed by atoms with Crippen LogP contribution < -0.4 is 10.5 Å². The average molecular weight is 252 g/mol. The quantitative estimate of drug-likeness (QED) is 0.677. The average Bonchev–Trinajstić information content (AvgIpc) is 2.37. The molecule has 0 aliphatic carbocycles. The van der Waals surface area contributed by atoms with Gasteiger partial charge in [0.2, 0.25) is 0 Å². The summed E-state index contributed by atoms with van der Waals surface area (Å²) >= 11 is 0. The number of nitrogens with zero attached hydrogens (tertiary/aromatic N) is 1. The molecule has 1 aromatic rings. The zero-order valence-electron chi connectivity index (χ0n) is 11.4. The fourth-order valence-electron chi connectivity index (χ4n) is 1.57. The summed E-state index contributed by atoms with van der Waals surface area (Å²) in [4.78, 5) is 2.15. The minimum Gasteiger partial charge on any atom is -0.491 e. The summed E-state index contributed by atoms with van der Waals surface area (Å²) in [5, 5.41) is 0. The number of hydrogen-bond acceptors (Lipinski definition) is 4. The Bertz CT molecular complexity index is 329. The predicted molar refractivity (Wildman–Crippen MR) is 73.8 cm³/mol. The van der Waals surface area contributed by atoms with Gasteiger partial charge in [0.05, 0.1) is 6.61 Å². The van der Waals surface area contributed by atoms with Gasteiger partial charge in [-0.05, 0) is 44.8 Å². The van der Waals surface area contributed by atoms with Gasteiger partial charge in [-0.2, -0.15) is 0 Å². The van der Waals surface area contributed by atoms with E-state index in [0.29, 0.717) is 19.8 Å². The van der Waals surface area contributed by atoms with Gasteiger partial charge in [0.15, 0.2) is 0 Å². The Hall–Kier alpha value is -1.10. The van der Waals surface area contributed by atoms with E-state index in [1.54, 1.807) is 0 Å². The standard InChI is InChI=1S/C14H24N2O2/c1-16(2)7-4-8-17-9-10-18-14-6-3-5-13(11-14)12-15/h3,5-6,11H,4,7-10,12,15H2,1-2H3. The van der Waals surface area contributed by atoms with Crippen LogP contribution in [0.3, 0.4) is 0 Å². The number of nitrogens with two attached hydrogens (primary N) is 1. The molecule has 4 nitrogen and oxygen atoms in total. The first-order valence-corrected chi connectivity index (χ1v) is 6.36. The van der Waals surface area contributed by atoms with Crippen molar-refractivity contribution < 1.29 is 9.47 Å². The number of rotatable bonds is 9. The van der Waals surface area contributed by atoms with E-state index in [4.69, 9.17) is 15.2 Å². The third-order valence-electron chi connectivity index (χ3n) is 2.52. The zero-order valence-corrected chi connectivity index (χ0v) is 11.4. The van der Waals surface area contributed by atoms with Crippen LogP contribution in [0.2, 0.25) is 0 Å². The Labute approximate surface area is 110 Å². The molecule has 0 unspecified atom stereocenters. The van der Waals surface area contributed by atoms with Gasteiger partial charge in [-0.25, -0.2) is 0 Å². The normalized spacial score (nSPS) is 10.9. The predicted octanol–water partition coefficient (Wildman–Crippen LogP) is 1.49. The Morgan fingerprint density at radius 2 is 2.00 bits per heavy atom. The highest BCUT2D eigenvalue weighted by Gasteiger charge is 1.96. The van der Waals surface area contributed by atoms with Crippen LogP contribution in [0.1, 0.15) is 12.0 Å². The van der Waals surface area contributed by atoms with Crippen molar-refractivity contribution in [2.45, 2.75) is 13.0 Å². The first-order chi connectivity index (χ1) is 8.72. The van der Waals surface area contributed by atoms with Crippen molar-refractivity contribution in [3.05, 3.63) is 29.8 Å². The molecule has 1 aromatic carbocycles. The Balaban J connectivity index is 2.06. The van der Waals surface area contributed by atoms with Crippen LogP contribution in [-0.2, 0) is 11.3 Å². The van der Waals surface area contributed by atoms with E-state index in [2.05, 4.69) is 19.0 Å². The molecule has 0 amide bonds. The molecule has 0 aliphatic rings. The molecular formula is C14H24N2O2. The Morgan fingerprint density at radius 3 is 2.72 bits per heavy atom. The van der Waals surface area contributed by atoms with Crippen LogP contribution in [0.4, 0.5) is 0 Å². The molecule has 0 bridgehead atoms. The van der Waals surface area contributed by atoms with Crippen LogP contribution in [0.25, 0.3) is 0 Å². The second kappa shape index (κ2) is 8.91. The van der Waals surface area contributed by atoms with Crippen molar-refractivity contribution in [1.82, 2.24) is 4.90 Å². The molecule has 0 aromatic heterocycles. The van der Waals surface area contributed by atoms with Crippen molar-refractivity contribution in [3.63, 3.8) is 0 Å². The maximum Gasteiger partial charge on any atom is 0.119 e. The maximum absolute atomic E-state index is 5.59. The summed E-state index contributed by atoms with van der Waals surface area (Å²) in [5.41, 5.74) is 6.65. The van der Waals surface area contributed by atoms with Gasteiger partial charge < -0.3 is 20.1 Å². The van der Waals surface area contributed by atoms with Gasteiger partial charge in [0, 0.05) is 13.2 Å². The van der Waals surface area contributed by atoms with E-state index >= 15 is 0 Å². The molecule has 0 saturated heterocycles. The fraction of sp³-hybridized carbons (Fsp3) is 0.571. The van der Waals surface area contributed by atoms with E-state index in [0.717, 1.165) is 30.9 Å². The third-order valence-corrected chi connectivity index (χ3v) is 2.52. The molecule has 0 atom stereocenters. The lowest BCUT2D eigenvalue weighted by Gasteiger charge is -2.10. The lowest BCUT2D eigenvalue weighted by Crippen LogP contribution is -2.16. The molecule has 0 fully saturated rings. The number of benzene rings is 1. The molecule has 102 valence electrons. The molecule has 0 heterocycles. The third kappa shape index (κ3) is 6.59. The Kier molecular flexibility index (Phi) is 7.41. The molecule has 0 radical (unpaired) electrons. The lowest BCUT2D eigenvalue weighted by atomic mass is 10.2. The summed E-state index contributed by atoms with van der Waals surface area (Å²) < 4.78 is 11.1. The maximum atomic E-state index is 5.59. The van der Waals surface area contributed by atoms with Gasteiger partial charge >= 0.3 is 0 Å². The SMILES string of the molecule is CN(C)CCCOCCOc1cccc(CN)c1. The topological polar surface area (TPSA) is 47.7 Å². The molecular weight excluding hydrogens is 228 g/mol. The van der Waals surface area contributed by atoms with Crippen molar-refractivity contribution in [2.24, 2.45) is 5.73 Å². The van der Waals surface area contributed by atoms with E-state index in [1.165, 1.54) is 0 Å². The van der Waals surface area contributed by atoms with Crippen LogP contribution in [0.5, 0.6) is 5.75 Å². The smallest absolute Gasteiger partial charge is 0.119 e. The molecule has 2 N–H and O–H groups in total. The molecule has 4 heteroatoms. The first kappa shape index (κ1) is 15.0. The van der Waals surface area contributed by atoms with E-state index in [9.17, 15) is 0 Å². The number of hydrogen-bond donors (Lipinski definition) is 1. The molecule has 0 spiro atoms. The van der Waals surface area contributed by atoms with Crippen LogP contribution >= 0.6 is 0 Å². The highest BCUT2D eigenvalue weighted by atomic mass is 16.5. The van der Waals surface area contributed by atoms with E-state index < -0.39 is 0 Å². The van der Waals surface area contributed by atoms with Gasteiger partial charge in [0.25, 0.3) is 0 Å². The van der Waals surface area contributed by atoms with Crippen molar-refractivity contribution in [1.29, 1.82) is 0 Å². The van der Waals surface area contributed by atoms with Gasteiger partial charge in [-0.1, -0.05) is 12.1 Å². The molecule has 1 rings (SSSR count). The minimum atomic E-state index is 0.540. The summed E-state index contributed by atoms with van der Waals surface area (Å²) in [5.74, 6) is 0.856. The summed E-state index contributed by atoms with van der Waals surface area (Å²) in [6.07, 6.45) is 1.05. The minimum absolute atomic E-state index is 0.540. The van der Waals surface area contributed by atoms with Gasteiger partial charge in [0.1, 0.15) is 12.4 Å². The van der Waals surface area contributed by atoms with E-state index in [1.807, 2.05) is 24.3 Å². The van der Waals surface area contributed by atoms with E-state index in [-0.39, 0.29) is 0 Å². The second-order valence-corrected chi connectivity index (χ2v) is 4.47. The highest BCUT2D eigenvalue weighted by Crippen LogP contribution is 2.12. The fourth-order valence-corrected chi connectivity index (χ4v) is 1.57. The van der Waals surface area contributed by atoms with Gasteiger partial charge in [-0.3, -0.25) is 0 Å². The highest BCUT2D eigenvalue weighted by molar-refractivity contribution is 5.28. The molecule has 0 aliphatic heterocycles. The number of ether oxygens (including phenoxy) is 2. The largest absolute Gasteiger partial charge is 0.491 e. The molecule has 0 saturated carbocycles. The summed E-state index contributed by atoms with van der Waals surface area (Å²) in [6, 6.07) is 7.84. The van der Waals surface area contributed by atoms with Crippen molar-refractivity contribution >= 4 is 0 Å². The summed E-state index contributed by atoms with van der Waals surface area (Å²) in [6.45, 7) is 3.58. The lowest BCUT2D eigenvalue weighted by molar-refractivity contribution is 0.0946. The van der Waals surface area contributed by atoms with Gasteiger partial charge in [-0.15, -0.1) is 0 Å². The summed E-state index contributed by atoms with van der Waals surface area (Å²) in [7, 11) is 4.13. The van der Waals surface area contributed by atoms with Crippen molar-refractivity contribution in [2.75, 3.05) is 40.5 Å². The monoisotopic (exact) mass is 252 g/mol.